The van der Waals surface area contributed by atoms with Gasteiger partial charge in [-0.05, 0) is 40.5 Å². The quantitative estimate of drug-likeness (QED) is 0.754. The van der Waals surface area contributed by atoms with Gasteiger partial charge < -0.3 is 10.6 Å². The summed E-state index contributed by atoms with van der Waals surface area (Å²) in [5.74, 6) is 0.119. The van der Waals surface area contributed by atoms with Gasteiger partial charge >= 0.3 is 0 Å². The predicted octanol–water partition coefficient (Wildman–Crippen LogP) is 0.972. The van der Waals surface area contributed by atoms with Crippen LogP contribution in [-0.2, 0) is 4.79 Å². The summed E-state index contributed by atoms with van der Waals surface area (Å²) in [6, 6.07) is 1.56. The van der Waals surface area contributed by atoms with Crippen molar-refractivity contribution in [1.29, 1.82) is 0 Å². The normalized spacial score (nSPS) is 24.9. The fraction of sp³-hybridized carbons (Fsp3) is 0.923. The molecule has 0 aliphatic carbocycles. The van der Waals surface area contributed by atoms with Gasteiger partial charge in [0.2, 0.25) is 5.91 Å². The van der Waals surface area contributed by atoms with Crippen LogP contribution < -0.4 is 10.6 Å². The van der Waals surface area contributed by atoms with Gasteiger partial charge in [-0.15, -0.1) is 0 Å². The smallest absolute Gasteiger partial charge is 0.236 e. The SMILES string of the molecule is CNC(=O)C1CCC(CN(C(C)C)C(C)C)N1. The van der Waals surface area contributed by atoms with Crippen molar-refractivity contribution in [2.45, 2.75) is 64.7 Å². The summed E-state index contributed by atoms with van der Waals surface area (Å²) in [4.78, 5) is 14.0. The van der Waals surface area contributed by atoms with Crippen molar-refractivity contribution in [3.8, 4) is 0 Å². The standard InChI is InChI=1S/C13H27N3O/c1-9(2)16(10(3)4)8-11-6-7-12(15-11)13(17)14-5/h9-12,15H,6-8H2,1-5H3,(H,14,17). The molecule has 1 aliphatic rings. The van der Waals surface area contributed by atoms with E-state index in [0.717, 1.165) is 19.4 Å². The number of carbonyl (C=O) groups is 1. The van der Waals surface area contributed by atoms with E-state index in [0.29, 0.717) is 18.1 Å². The van der Waals surface area contributed by atoms with E-state index in [-0.39, 0.29) is 11.9 Å². The topological polar surface area (TPSA) is 44.4 Å². The van der Waals surface area contributed by atoms with E-state index < -0.39 is 0 Å². The molecule has 1 heterocycles. The van der Waals surface area contributed by atoms with Gasteiger partial charge in [-0.3, -0.25) is 9.69 Å². The summed E-state index contributed by atoms with van der Waals surface area (Å²) in [5, 5.41) is 6.14. The Bertz CT molecular complexity index is 245. The molecule has 100 valence electrons. The maximum Gasteiger partial charge on any atom is 0.236 e. The first-order valence-corrected chi connectivity index (χ1v) is 6.69. The lowest BCUT2D eigenvalue weighted by Crippen LogP contribution is -2.48. The van der Waals surface area contributed by atoms with Crippen LogP contribution in [0.15, 0.2) is 0 Å². The van der Waals surface area contributed by atoms with E-state index in [1.54, 1.807) is 7.05 Å². The molecule has 0 spiro atoms. The highest BCUT2D eigenvalue weighted by Crippen LogP contribution is 2.16. The summed E-state index contributed by atoms with van der Waals surface area (Å²) in [6.07, 6.45) is 2.04. The first-order chi connectivity index (χ1) is 7.95. The third-order valence-electron chi connectivity index (χ3n) is 3.56. The molecule has 0 saturated carbocycles. The summed E-state index contributed by atoms with van der Waals surface area (Å²) >= 11 is 0. The molecule has 1 fully saturated rings. The number of hydrogen-bond donors (Lipinski definition) is 2. The highest BCUT2D eigenvalue weighted by atomic mass is 16.2. The summed E-state index contributed by atoms with van der Waals surface area (Å²) in [5.41, 5.74) is 0. The molecule has 1 rings (SSSR count). The molecule has 2 unspecified atom stereocenters. The number of nitrogens with zero attached hydrogens (tertiary/aromatic N) is 1. The monoisotopic (exact) mass is 241 g/mol. The van der Waals surface area contributed by atoms with Crippen LogP contribution in [0.25, 0.3) is 0 Å². The average molecular weight is 241 g/mol. The van der Waals surface area contributed by atoms with Gasteiger partial charge in [-0.25, -0.2) is 0 Å². The molecule has 1 amide bonds. The molecule has 1 aliphatic heterocycles. The summed E-state index contributed by atoms with van der Waals surface area (Å²) < 4.78 is 0. The van der Waals surface area contributed by atoms with Crippen LogP contribution in [0.5, 0.6) is 0 Å². The second kappa shape index (κ2) is 6.36. The second-order valence-electron chi connectivity index (χ2n) is 5.49. The van der Waals surface area contributed by atoms with Crippen LogP contribution in [-0.4, -0.2) is 48.6 Å². The van der Waals surface area contributed by atoms with Gasteiger partial charge in [0.05, 0.1) is 6.04 Å². The molecular weight excluding hydrogens is 214 g/mol. The minimum absolute atomic E-state index is 0.00572. The van der Waals surface area contributed by atoms with Crippen LogP contribution >= 0.6 is 0 Å². The predicted molar refractivity (Wildman–Crippen MR) is 71.0 cm³/mol. The first kappa shape index (κ1) is 14.5. The van der Waals surface area contributed by atoms with E-state index in [1.165, 1.54) is 0 Å². The lowest BCUT2D eigenvalue weighted by molar-refractivity contribution is -0.122. The van der Waals surface area contributed by atoms with Crippen LogP contribution in [0.3, 0.4) is 0 Å². The Morgan fingerprint density at radius 3 is 2.35 bits per heavy atom. The maximum absolute atomic E-state index is 11.5. The fourth-order valence-corrected chi connectivity index (χ4v) is 2.62. The molecule has 2 N–H and O–H groups in total. The van der Waals surface area contributed by atoms with Crippen LogP contribution in [0, 0.1) is 0 Å². The molecule has 0 bridgehead atoms. The number of amides is 1. The van der Waals surface area contributed by atoms with Crippen molar-refractivity contribution in [1.82, 2.24) is 15.5 Å². The van der Waals surface area contributed by atoms with Gasteiger partial charge in [0.15, 0.2) is 0 Å². The van der Waals surface area contributed by atoms with Gasteiger partial charge in [0.25, 0.3) is 0 Å². The Morgan fingerprint density at radius 2 is 1.88 bits per heavy atom. The number of nitrogens with one attached hydrogen (secondary N) is 2. The Morgan fingerprint density at radius 1 is 1.29 bits per heavy atom. The molecule has 0 aromatic rings. The third-order valence-corrected chi connectivity index (χ3v) is 3.56. The van der Waals surface area contributed by atoms with E-state index in [1.807, 2.05) is 0 Å². The molecule has 0 aromatic heterocycles. The average Bonchev–Trinajstić information content (AvgIpc) is 2.72. The van der Waals surface area contributed by atoms with Gasteiger partial charge in [-0.2, -0.15) is 0 Å². The number of likely N-dealkylation sites (N-methyl/N-ethyl adjacent to an activating group) is 1. The zero-order valence-electron chi connectivity index (χ0n) is 11.8. The summed E-state index contributed by atoms with van der Waals surface area (Å²) in [7, 11) is 1.70. The van der Waals surface area contributed by atoms with Crippen molar-refractivity contribution in [2.24, 2.45) is 0 Å². The highest BCUT2D eigenvalue weighted by Gasteiger charge is 2.30. The Balaban J connectivity index is 2.46. The number of hydrogen-bond acceptors (Lipinski definition) is 3. The Hall–Kier alpha value is -0.610. The van der Waals surface area contributed by atoms with Crippen molar-refractivity contribution in [3.63, 3.8) is 0 Å². The fourth-order valence-electron chi connectivity index (χ4n) is 2.62. The molecular formula is C13H27N3O. The van der Waals surface area contributed by atoms with Crippen molar-refractivity contribution >= 4 is 5.91 Å². The van der Waals surface area contributed by atoms with Crippen molar-refractivity contribution in [3.05, 3.63) is 0 Å². The van der Waals surface area contributed by atoms with E-state index in [4.69, 9.17) is 0 Å². The highest BCUT2D eigenvalue weighted by molar-refractivity contribution is 5.81. The minimum Gasteiger partial charge on any atom is -0.358 e. The molecule has 17 heavy (non-hydrogen) atoms. The molecule has 4 heteroatoms. The second-order valence-corrected chi connectivity index (χ2v) is 5.49. The Kier molecular flexibility index (Phi) is 5.40. The molecule has 1 saturated heterocycles. The van der Waals surface area contributed by atoms with Crippen LogP contribution in [0.4, 0.5) is 0 Å². The third kappa shape index (κ3) is 3.96. The van der Waals surface area contributed by atoms with Gasteiger partial charge in [0.1, 0.15) is 0 Å². The van der Waals surface area contributed by atoms with E-state index in [9.17, 15) is 4.79 Å². The Labute approximate surface area is 105 Å². The molecule has 0 radical (unpaired) electrons. The number of carbonyl (C=O) groups excluding carboxylic acids is 1. The molecule has 0 aromatic carbocycles. The zero-order valence-corrected chi connectivity index (χ0v) is 11.8. The van der Waals surface area contributed by atoms with Crippen LogP contribution in [0.2, 0.25) is 0 Å². The van der Waals surface area contributed by atoms with E-state index >= 15 is 0 Å². The molecule has 4 nitrogen and oxygen atoms in total. The largest absolute Gasteiger partial charge is 0.358 e. The number of rotatable bonds is 5. The van der Waals surface area contributed by atoms with E-state index in [2.05, 4.69) is 43.2 Å². The lowest BCUT2D eigenvalue weighted by atomic mass is 10.1. The summed E-state index contributed by atoms with van der Waals surface area (Å²) in [6.45, 7) is 9.94. The van der Waals surface area contributed by atoms with Crippen molar-refractivity contribution < 1.29 is 4.79 Å². The van der Waals surface area contributed by atoms with Crippen LogP contribution in [0.1, 0.15) is 40.5 Å². The van der Waals surface area contributed by atoms with Gasteiger partial charge in [0, 0.05) is 31.7 Å². The lowest BCUT2D eigenvalue weighted by Gasteiger charge is -2.33. The minimum atomic E-state index is 0.00572. The van der Waals surface area contributed by atoms with Crippen molar-refractivity contribution in [2.75, 3.05) is 13.6 Å². The maximum atomic E-state index is 11.5. The first-order valence-electron chi connectivity index (χ1n) is 6.69. The van der Waals surface area contributed by atoms with Gasteiger partial charge in [-0.1, -0.05) is 0 Å². The zero-order chi connectivity index (χ0) is 13.0. The molecule has 2 atom stereocenters.